The Kier molecular flexibility index (Phi) is 31.4. The summed E-state index contributed by atoms with van der Waals surface area (Å²) in [4.78, 5) is 11.7. The van der Waals surface area contributed by atoms with Gasteiger partial charge in [-0.1, -0.05) is 168 Å². The van der Waals surface area contributed by atoms with Crippen molar-refractivity contribution in [3.8, 4) is 0 Å². The highest BCUT2D eigenvalue weighted by atomic mass is 16.7. The first kappa shape index (κ1) is 37.0. The Labute approximate surface area is 239 Å². The monoisotopic (exact) mass is 537 g/mol. The van der Waals surface area contributed by atoms with Crippen molar-refractivity contribution in [3.63, 3.8) is 0 Å². The number of allylic oxidation sites excluding steroid dienone is 2. The second kappa shape index (κ2) is 32.2. The van der Waals surface area contributed by atoms with Gasteiger partial charge in [-0.2, -0.15) is 0 Å². The highest BCUT2D eigenvalue weighted by molar-refractivity contribution is 5.59. The molecular formula is C35H68O3. The van der Waals surface area contributed by atoms with Crippen LogP contribution in [0.1, 0.15) is 188 Å². The standard InChI is InChI=1S/C35H68O3/c1-4-5-6-7-8-9-10-17-20-23-26-29-32-37-35(36)38-33-30-27-24-21-18-15-13-11-12-14-16-19-22-25-28-31-34(2)3/h7-8,34H,4-6,9-33H2,1-3H3/b8-7-. The summed E-state index contributed by atoms with van der Waals surface area (Å²) in [6.07, 6.45) is 38.1. The summed E-state index contributed by atoms with van der Waals surface area (Å²) >= 11 is 0. The number of rotatable bonds is 30. The summed E-state index contributed by atoms with van der Waals surface area (Å²) in [5.41, 5.74) is 0. The van der Waals surface area contributed by atoms with Gasteiger partial charge in [0.05, 0.1) is 13.2 Å². The Morgan fingerprint density at radius 1 is 0.500 bits per heavy atom. The van der Waals surface area contributed by atoms with Crippen LogP contribution in [-0.4, -0.2) is 19.4 Å². The van der Waals surface area contributed by atoms with E-state index in [1.54, 1.807) is 0 Å². The first-order valence-corrected chi connectivity index (χ1v) is 17.1. The van der Waals surface area contributed by atoms with E-state index in [0.717, 1.165) is 31.6 Å². The van der Waals surface area contributed by atoms with E-state index >= 15 is 0 Å². The van der Waals surface area contributed by atoms with Gasteiger partial charge in [-0.25, -0.2) is 4.79 Å². The maximum Gasteiger partial charge on any atom is 0.508 e. The van der Waals surface area contributed by atoms with Crippen molar-refractivity contribution in [1.82, 2.24) is 0 Å². The molecular weight excluding hydrogens is 468 g/mol. The molecule has 0 spiro atoms. The van der Waals surface area contributed by atoms with Crippen LogP contribution >= 0.6 is 0 Å². The van der Waals surface area contributed by atoms with Gasteiger partial charge in [0.2, 0.25) is 0 Å². The van der Waals surface area contributed by atoms with E-state index in [4.69, 9.17) is 9.47 Å². The predicted molar refractivity (Wildman–Crippen MR) is 167 cm³/mol. The maximum absolute atomic E-state index is 11.7. The van der Waals surface area contributed by atoms with Crippen LogP contribution in [-0.2, 0) is 9.47 Å². The molecule has 3 heteroatoms. The van der Waals surface area contributed by atoms with Gasteiger partial charge in [-0.15, -0.1) is 0 Å². The molecule has 3 nitrogen and oxygen atoms in total. The minimum Gasteiger partial charge on any atom is -0.434 e. The molecule has 0 aliphatic heterocycles. The van der Waals surface area contributed by atoms with Crippen molar-refractivity contribution in [3.05, 3.63) is 12.2 Å². The van der Waals surface area contributed by atoms with Crippen LogP contribution in [0, 0.1) is 5.92 Å². The lowest BCUT2D eigenvalue weighted by atomic mass is 10.0. The average molecular weight is 537 g/mol. The van der Waals surface area contributed by atoms with E-state index in [-0.39, 0.29) is 0 Å². The first-order chi connectivity index (χ1) is 18.7. The average Bonchev–Trinajstić information content (AvgIpc) is 2.90. The van der Waals surface area contributed by atoms with Crippen LogP contribution in [0.15, 0.2) is 12.2 Å². The lowest BCUT2D eigenvalue weighted by Crippen LogP contribution is -2.09. The lowest BCUT2D eigenvalue weighted by Gasteiger charge is -2.07. The summed E-state index contributed by atoms with van der Waals surface area (Å²) < 4.78 is 10.4. The van der Waals surface area contributed by atoms with E-state index in [9.17, 15) is 4.79 Å². The smallest absolute Gasteiger partial charge is 0.434 e. The van der Waals surface area contributed by atoms with E-state index in [1.807, 2.05) is 0 Å². The molecule has 38 heavy (non-hydrogen) atoms. The van der Waals surface area contributed by atoms with Gasteiger partial charge in [0.25, 0.3) is 0 Å². The second-order valence-corrected chi connectivity index (χ2v) is 12.0. The maximum atomic E-state index is 11.7. The van der Waals surface area contributed by atoms with Crippen molar-refractivity contribution >= 4 is 6.16 Å². The van der Waals surface area contributed by atoms with E-state index < -0.39 is 6.16 Å². The van der Waals surface area contributed by atoms with Crippen molar-refractivity contribution in [2.45, 2.75) is 188 Å². The van der Waals surface area contributed by atoms with Crippen molar-refractivity contribution < 1.29 is 14.3 Å². The molecule has 0 aliphatic carbocycles. The Bertz CT molecular complexity index is 486. The van der Waals surface area contributed by atoms with Gasteiger partial charge in [0.15, 0.2) is 0 Å². The fourth-order valence-electron chi connectivity index (χ4n) is 4.93. The SMILES string of the molecule is CCCC/C=C\CCCCCCCCOC(=O)OCCCCCCCCCCCCCCCCCC(C)C. The summed E-state index contributed by atoms with van der Waals surface area (Å²) in [5.74, 6) is 0.872. The van der Waals surface area contributed by atoms with E-state index in [1.165, 1.54) is 141 Å². The first-order valence-electron chi connectivity index (χ1n) is 17.1. The number of ether oxygens (including phenoxy) is 2. The Morgan fingerprint density at radius 2 is 0.842 bits per heavy atom. The van der Waals surface area contributed by atoms with Gasteiger partial charge in [-0.05, 0) is 38.0 Å². The molecule has 0 aromatic heterocycles. The van der Waals surface area contributed by atoms with Gasteiger partial charge in [0.1, 0.15) is 0 Å². The van der Waals surface area contributed by atoms with Gasteiger partial charge < -0.3 is 9.47 Å². The molecule has 0 amide bonds. The fraction of sp³-hybridized carbons (Fsp3) is 0.914. The minimum absolute atomic E-state index is 0.481. The molecule has 0 saturated carbocycles. The number of carbonyl (C=O) groups excluding carboxylic acids is 1. The van der Waals surface area contributed by atoms with Crippen LogP contribution in [0.4, 0.5) is 4.79 Å². The van der Waals surface area contributed by atoms with Crippen LogP contribution in [0.3, 0.4) is 0 Å². The minimum atomic E-state index is -0.481. The van der Waals surface area contributed by atoms with Crippen molar-refractivity contribution in [2.24, 2.45) is 5.92 Å². The van der Waals surface area contributed by atoms with Gasteiger partial charge >= 0.3 is 6.16 Å². The third-order valence-corrected chi connectivity index (χ3v) is 7.52. The molecule has 0 aromatic carbocycles. The predicted octanol–water partition coefficient (Wildman–Crippen LogP) is 12.5. The van der Waals surface area contributed by atoms with Crippen LogP contribution in [0.25, 0.3) is 0 Å². The molecule has 0 aliphatic rings. The van der Waals surface area contributed by atoms with Crippen molar-refractivity contribution in [1.29, 1.82) is 0 Å². The molecule has 0 unspecified atom stereocenters. The molecule has 0 fully saturated rings. The Morgan fingerprint density at radius 3 is 1.24 bits per heavy atom. The quantitative estimate of drug-likeness (QED) is 0.0520. The second-order valence-electron chi connectivity index (χ2n) is 12.0. The summed E-state index contributed by atoms with van der Waals surface area (Å²) in [7, 11) is 0. The van der Waals surface area contributed by atoms with E-state index in [0.29, 0.717) is 13.2 Å². The third kappa shape index (κ3) is 33.0. The van der Waals surface area contributed by atoms with Crippen LogP contribution < -0.4 is 0 Å². The Hall–Kier alpha value is -0.990. The molecule has 0 aromatic rings. The summed E-state index contributed by atoms with van der Waals surface area (Å²) in [5, 5.41) is 0. The molecule has 0 N–H and O–H groups in total. The molecule has 226 valence electrons. The van der Waals surface area contributed by atoms with Crippen LogP contribution in [0.5, 0.6) is 0 Å². The molecule has 0 rings (SSSR count). The molecule has 0 bridgehead atoms. The fourth-order valence-corrected chi connectivity index (χ4v) is 4.93. The number of unbranched alkanes of at least 4 members (excludes halogenated alkanes) is 22. The molecule has 0 heterocycles. The normalized spacial score (nSPS) is 11.6. The lowest BCUT2D eigenvalue weighted by molar-refractivity contribution is 0.0529. The highest BCUT2D eigenvalue weighted by Gasteiger charge is 2.03. The van der Waals surface area contributed by atoms with E-state index in [2.05, 4.69) is 32.9 Å². The zero-order valence-corrected chi connectivity index (χ0v) is 26.3. The molecule has 0 radical (unpaired) electrons. The largest absolute Gasteiger partial charge is 0.508 e. The third-order valence-electron chi connectivity index (χ3n) is 7.52. The van der Waals surface area contributed by atoms with Gasteiger partial charge in [0, 0.05) is 0 Å². The molecule has 0 atom stereocenters. The highest BCUT2D eigenvalue weighted by Crippen LogP contribution is 2.15. The zero-order valence-electron chi connectivity index (χ0n) is 26.3. The summed E-state index contributed by atoms with van der Waals surface area (Å²) in [6, 6.07) is 0. The topological polar surface area (TPSA) is 35.5 Å². The number of hydrogen-bond acceptors (Lipinski definition) is 3. The van der Waals surface area contributed by atoms with Gasteiger partial charge in [-0.3, -0.25) is 0 Å². The number of carbonyl (C=O) groups is 1. The van der Waals surface area contributed by atoms with Crippen LogP contribution in [0.2, 0.25) is 0 Å². The van der Waals surface area contributed by atoms with Crippen molar-refractivity contribution in [2.75, 3.05) is 13.2 Å². The summed E-state index contributed by atoms with van der Waals surface area (Å²) in [6.45, 7) is 7.90. The Balaban J connectivity index is 3.17. The molecule has 0 saturated heterocycles. The number of hydrogen-bond donors (Lipinski definition) is 0. The zero-order chi connectivity index (χ0) is 27.8.